The molecule has 0 heterocycles. The molecule has 1 radical (unpaired) electrons. The van der Waals surface area contributed by atoms with Crippen molar-refractivity contribution in [2.75, 3.05) is 0 Å². The van der Waals surface area contributed by atoms with Crippen LogP contribution in [0.1, 0.15) is 0 Å². The summed E-state index contributed by atoms with van der Waals surface area (Å²) in [6.45, 7) is 3.06. The Morgan fingerprint density at radius 3 is 1.50 bits per heavy atom. The van der Waals surface area contributed by atoms with Crippen molar-refractivity contribution in [2.24, 2.45) is 0 Å². The van der Waals surface area contributed by atoms with E-state index in [1.54, 1.807) is 0 Å². The van der Waals surface area contributed by atoms with Crippen LogP contribution in [-0.4, -0.2) is 6.29 Å². The Hall–Kier alpha value is 1.49. The number of carbonyl (C=O) groups excluding carboxylic acids is 1. The monoisotopic (exact) mass is 280 g/mol. The zero-order valence-electron chi connectivity index (χ0n) is 3.63. The van der Waals surface area contributed by atoms with Crippen LogP contribution >= 0.6 is 0 Å². The van der Waals surface area contributed by atoms with Crippen molar-refractivity contribution in [3.63, 3.8) is 0 Å². The van der Waals surface area contributed by atoms with Gasteiger partial charge in [-0.25, -0.2) is 12.7 Å². The van der Waals surface area contributed by atoms with Crippen LogP contribution in [0.25, 0.3) is 0 Å². The third-order valence-electron chi connectivity index (χ3n) is 0.0833. The predicted molar refractivity (Wildman–Crippen MR) is 15.9 cm³/mol. The largest absolute Gasteiger partial charge is 0.419 e. The molecule has 0 aliphatic carbocycles. The smallest absolute Gasteiger partial charge is 0 e. The molecule has 5 heteroatoms. The van der Waals surface area contributed by atoms with Gasteiger partial charge >= 0.3 is 0 Å². The summed E-state index contributed by atoms with van der Waals surface area (Å²) in [6, 6.07) is 0. The summed E-state index contributed by atoms with van der Waals surface area (Å²) < 4.78 is 0. The first-order chi connectivity index (χ1) is 1.91. The van der Waals surface area contributed by atoms with Crippen LogP contribution in [0.4, 0.5) is 0 Å². The average molecular weight is 281 g/mol. The molecule has 0 unspecified atom stereocenters. The van der Waals surface area contributed by atoms with Gasteiger partial charge in [-0.1, -0.05) is 0 Å². The number of rotatable bonds is 1. The Labute approximate surface area is 91.3 Å². The van der Waals surface area contributed by atoms with Gasteiger partial charge in [-0.2, -0.15) is 0 Å². The zero-order chi connectivity index (χ0) is 3.41. The van der Waals surface area contributed by atoms with Crippen molar-refractivity contribution >= 4 is 6.29 Å². The molecule has 0 saturated carbocycles. The van der Waals surface area contributed by atoms with Crippen LogP contribution in [0.15, 0.2) is 12.7 Å². The fraction of sp³-hybridized carbons (Fsp3) is 0. The van der Waals surface area contributed by atoms with Gasteiger partial charge in [0.25, 0.3) is 0 Å². The van der Waals surface area contributed by atoms with Crippen molar-refractivity contribution in [3.8, 4) is 0 Å². The van der Waals surface area contributed by atoms with Crippen molar-refractivity contribution in [1.29, 1.82) is 0 Å². The molecule has 0 atom stereocenters. The maximum Gasteiger partial charge on any atom is 0 e. The molecule has 0 N–H and O–H groups in total. The molecule has 0 aliphatic heterocycles. The maximum atomic E-state index is 8.93. The van der Waals surface area contributed by atoms with Gasteiger partial charge in [-0.15, -0.1) is 0 Å². The molecule has 0 aromatic carbocycles. The molecule has 0 aliphatic rings. The van der Waals surface area contributed by atoms with Gasteiger partial charge in [0.1, 0.15) is 0 Å². The van der Waals surface area contributed by atoms with E-state index in [9.17, 15) is 0 Å². The molecular formula is C3H3Cr2CuNiO-. The van der Waals surface area contributed by atoms with Crippen LogP contribution in [0, 0.1) is 0 Å². The molecule has 0 bridgehead atoms. The van der Waals surface area contributed by atoms with E-state index in [1.807, 2.05) is 0 Å². The molecule has 0 saturated heterocycles. The van der Waals surface area contributed by atoms with E-state index in [0.717, 1.165) is 6.08 Å². The summed E-state index contributed by atoms with van der Waals surface area (Å²) in [6.07, 6.45) is 2.51. The standard InChI is InChI=1S/C3H3O.2Cr.Cu.Ni/c1-2-3-4;;;;/h2H,1H2;;;;/q-1;;;;. The summed E-state index contributed by atoms with van der Waals surface area (Å²) in [7, 11) is 0. The fourth-order valence-electron chi connectivity index (χ4n) is 0. The summed E-state index contributed by atoms with van der Waals surface area (Å²) in [5.74, 6) is 0. The van der Waals surface area contributed by atoms with Gasteiger partial charge in [0.15, 0.2) is 0 Å². The van der Waals surface area contributed by atoms with E-state index in [2.05, 4.69) is 6.58 Å². The predicted octanol–water partition coefficient (Wildman–Crippen LogP) is 0.272. The Balaban J connectivity index is -0.00000000750. The quantitative estimate of drug-likeness (QED) is 0.383. The van der Waals surface area contributed by atoms with Crippen LogP contribution in [0.5, 0.6) is 0 Å². The third kappa shape index (κ3) is 50.9. The normalized spacial score (nSPS) is 2.50. The Morgan fingerprint density at radius 1 is 1.38 bits per heavy atom. The first-order valence-electron chi connectivity index (χ1n) is 0.901. The first kappa shape index (κ1) is 33.9. The second-order valence-corrected chi connectivity index (χ2v) is 0.322. The van der Waals surface area contributed by atoms with Gasteiger partial charge in [0.2, 0.25) is 0 Å². The molecule has 0 amide bonds. The Kier molecular flexibility index (Phi) is 166. The van der Waals surface area contributed by atoms with Crippen molar-refractivity contribution in [3.05, 3.63) is 12.7 Å². The minimum Gasteiger partial charge on any atom is -0.419 e. The summed E-state index contributed by atoms with van der Waals surface area (Å²) in [5.41, 5.74) is 0. The summed E-state index contributed by atoms with van der Waals surface area (Å²) >= 11 is 0. The van der Waals surface area contributed by atoms with Gasteiger partial charge < -0.3 is 4.79 Å². The van der Waals surface area contributed by atoms with E-state index < -0.39 is 0 Å². The molecule has 0 rings (SSSR count). The van der Waals surface area contributed by atoms with Gasteiger partial charge in [0, 0.05) is 68.3 Å². The van der Waals surface area contributed by atoms with Crippen LogP contribution in [0.2, 0.25) is 0 Å². The summed E-state index contributed by atoms with van der Waals surface area (Å²) in [4.78, 5) is 8.93. The van der Waals surface area contributed by atoms with Crippen molar-refractivity contribution in [1.82, 2.24) is 0 Å². The molecule has 55 valence electrons. The molecule has 1 nitrogen and oxygen atoms in total. The van der Waals surface area contributed by atoms with Crippen LogP contribution in [0.3, 0.4) is 0 Å². The van der Waals surface area contributed by atoms with E-state index in [4.69, 9.17) is 4.79 Å². The van der Waals surface area contributed by atoms with Crippen LogP contribution in [-0.2, 0) is 73.1 Å². The zero-order valence-corrected chi connectivity index (χ0v) is 8.11. The van der Waals surface area contributed by atoms with Crippen LogP contribution < -0.4 is 0 Å². The maximum absolute atomic E-state index is 8.93. The number of hydrogen-bond donors (Lipinski definition) is 0. The topological polar surface area (TPSA) is 17.1 Å². The van der Waals surface area contributed by atoms with E-state index >= 15 is 0 Å². The minimum atomic E-state index is 0. The fourth-order valence-corrected chi connectivity index (χ4v) is 0. The van der Waals surface area contributed by atoms with E-state index in [1.165, 1.54) is 6.29 Å². The minimum absolute atomic E-state index is 0. The molecular weight excluding hydrogens is 278 g/mol. The SMILES string of the molecule is C=C[C-]=O.[Cr].[Cr].[Cu].[Ni]. The Morgan fingerprint density at radius 2 is 1.50 bits per heavy atom. The van der Waals surface area contributed by atoms with E-state index in [0.29, 0.717) is 0 Å². The number of hydrogen-bond acceptors (Lipinski definition) is 1. The summed E-state index contributed by atoms with van der Waals surface area (Å²) in [5, 5.41) is 0. The first-order valence-corrected chi connectivity index (χ1v) is 0.901. The second kappa shape index (κ2) is 39.1. The van der Waals surface area contributed by atoms with Crippen molar-refractivity contribution < 1.29 is 73.1 Å². The molecule has 0 fully saturated rings. The average Bonchev–Trinajstić information content (AvgIpc) is 1.37. The molecule has 0 spiro atoms. The molecule has 0 aromatic rings. The second-order valence-electron chi connectivity index (χ2n) is 0.322. The van der Waals surface area contributed by atoms with E-state index in [-0.39, 0.29) is 68.3 Å². The van der Waals surface area contributed by atoms with Gasteiger partial charge in [0.05, 0.1) is 0 Å². The Bertz CT molecular complexity index is 38.3. The van der Waals surface area contributed by atoms with Gasteiger partial charge in [-0.05, 0) is 6.29 Å². The van der Waals surface area contributed by atoms with Crippen molar-refractivity contribution in [2.45, 2.75) is 0 Å². The molecule has 8 heavy (non-hydrogen) atoms. The van der Waals surface area contributed by atoms with Gasteiger partial charge in [-0.3, -0.25) is 0 Å². The third-order valence-corrected chi connectivity index (χ3v) is 0.0833. The number of allylic oxidation sites excluding steroid dienone is 1. The molecule has 0 aromatic heterocycles.